The number of rotatable bonds is 1. The van der Waals surface area contributed by atoms with Gasteiger partial charge < -0.3 is 5.32 Å². The van der Waals surface area contributed by atoms with Crippen molar-refractivity contribution < 1.29 is 4.79 Å². The van der Waals surface area contributed by atoms with Crippen molar-refractivity contribution in [3.63, 3.8) is 0 Å². The van der Waals surface area contributed by atoms with Crippen molar-refractivity contribution in [1.82, 2.24) is 5.32 Å². The highest BCUT2D eigenvalue weighted by atomic mass is 16.1. The summed E-state index contributed by atoms with van der Waals surface area (Å²) in [5.41, 5.74) is 0. The van der Waals surface area contributed by atoms with Gasteiger partial charge in [-0.05, 0) is 12.8 Å². The van der Waals surface area contributed by atoms with Gasteiger partial charge in [-0.3, -0.25) is 4.79 Å². The molecule has 0 aromatic carbocycles. The third-order valence-electron chi connectivity index (χ3n) is 1.99. The van der Waals surface area contributed by atoms with Crippen molar-refractivity contribution in [3.8, 4) is 12.3 Å². The summed E-state index contributed by atoms with van der Waals surface area (Å²) in [4.78, 5) is 10.9. The third kappa shape index (κ3) is 1.13. The van der Waals surface area contributed by atoms with Crippen molar-refractivity contribution >= 4 is 5.91 Å². The van der Waals surface area contributed by atoms with Crippen LogP contribution in [0.25, 0.3) is 0 Å². The van der Waals surface area contributed by atoms with E-state index in [2.05, 4.69) is 11.2 Å². The Kier molecular flexibility index (Phi) is 1.96. The van der Waals surface area contributed by atoms with E-state index < -0.39 is 0 Å². The van der Waals surface area contributed by atoms with Gasteiger partial charge in [-0.1, -0.05) is 0 Å². The zero-order valence-electron chi connectivity index (χ0n) is 6.05. The van der Waals surface area contributed by atoms with E-state index in [1.54, 1.807) is 7.05 Å². The van der Waals surface area contributed by atoms with Gasteiger partial charge in [0, 0.05) is 18.9 Å². The minimum Gasteiger partial charge on any atom is -0.359 e. The molecule has 0 unspecified atom stereocenters. The van der Waals surface area contributed by atoms with Crippen LogP contribution in [0.1, 0.15) is 12.8 Å². The molecule has 2 nitrogen and oxygen atoms in total. The van der Waals surface area contributed by atoms with Crippen LogP contribution in [0, 0.1) is 24.2 Å². The summed E-state index contributed by atoms with van der Waals surface area (Å²) < 4.78 is 0. The van der Waals surface area contributed by atoms with Gasteiger partial charge in [0.1, 0.15) is 0 Å². The number of terminal acetylenes is 1. The fourth-order valence-corrected chi connectivity index (χ4v) is 1.17. The second-order valence-electron chi connectivity index (χ2n) is 2.65. The Morgan fingerprint density at radius 1 is 1.70 bits per heavy atom. The molecule has 0 atom stereocenters. The number of hydrogen-bond donors (Lipinski definition) is 1. The number of hydrogen-bond acceptors (Lipinski definition) is 1. The summed E-state index contributed by atoms with van der Waals surface area (Å²) in [5, 5.41) is 2.60. The molecule has 0 saturated heterocycles. The van der Waals surface area contributed by atoms with E-state index in [4.69, 9.17) is 6.42 Å². The summed E-state index contributed by atoms with van der Waals surface area (Å²) in [6.07, 6.45) is 6.90. The normalized spacial score (nSPS) is 30.0. The highest BCUT2D eigenvalue weighted by Gasteiger charge is 2.32. The molecule has 1 aliphatic carbocycles. The fourth-order valence-electron chi connectivity index (χ4n) is 1.17. The molecule has 1 saturated carbocycles. The molecule has 10 heavy (non-hydrogen) atoms. The molecule has 0 bridgehead atoms. The van der Waals surface area contributed by atoms with E-state index in [1.807, 2.05) is 0 Å². The maximum absolute atomic E-state index is 10.9. The van der Waals surface area contributed by atoms with E-state index in [9.17, 15) is 4.79 Å². The molecule has 0 aromatic heterocycles. The van der Waals surface area contributed by atoms with Gasteiger partial charge in [0.15, 0.2) is 0 Å². The Balaban J connectivity index is 2.27. The van der Waals surface area contributed by atoms with Crippen molar-refractivity contribution in [1.29, 1.82) is 0 Å². The minimum absolute atomic E-state index is 0.131. The van der Waals surface area contributed by atoms with Crippen LogP contribution in [0.3, 0.4) is 0 Å². The van der Waals surface area contributed by atoms with Crippen LogP contribution >= 0.6 is 0 Å². The third-order valence-corrected chi connectivity index (χ3v) is 1.99. The smallest absolute Gasteiger partial charge is 0.222 e. The Morgan fingerprint density at radius 3 is 2.70 bits per heavy atom. The minimum atomic E-state index is 0.131. The SMILES string of the molecule is C#CC1CC(C(=O)NC)C1. The van der Waals surface area contributed by atoms with Crippen LogP contribution in [0.15, 0.2) is 0 Å². The first kappa shape index (κ1) is 7.14. The maximum Gasteiger partial charge on any atom is 0.222 e. The molecule has 1 rings (SSSR count). The average Bonchev–Trinajstić information content (AvgIpc) is 1.85. The Morgan fingerprint density at radius 2 is 2.30 bits per heavy atom. The van der Waals surface area contributed by atoms with Gasteiger partial charge >= 0.3 is 0 Å². The Hall–Kier alpha value is -0.970. The van der Waals surface area contributed by atoms with Crippen LogP contribution in [-0.4, -0.2) is 13.0 Å². The largest absolute Gasteiger partial charge is 0.359 e. The number of nitrogens with one attached hydrogen (secondary N) is 1. The van der Waals surface area contributed by atoms with Gasteiger partial charge in [-0.2, -0.15) is 0 Å². The molecule has 0 radical (unpaired) electrons. The van der Waals surface area contributed by atoms with E-state index >= 15 is 0 Å². The number of amides is 1. The lowest BCUT2D eigenvalue weighted by Crippen LogP contribution is -2.36. The lowest BCUT2D eigenvalue weighted by molar-refractivity contribution is -0.127. The van der Waals surface area contributed by atoms with Crippen molar-refractivity contribution in [3.05, 3.63) is 0 Å². The summed E-state index contributed by atoms with van der Waals surface area (Å²) in [6.45, 7) is 0. The Labute approximate surface area is 61.0 Å². The zero-order valence-corrected chi connectivity index (χ0v) is 6.05. The van der Waals surface area contributed by atoms with Crippen LogP contribution in [0.4, 0.5) is 0 Å². The molecule has 0 aromatic rings. The first-order chi connectivity index (χ1) is 4.77. The van der Waals surface area contributed by atoms with Crippen LogP contribution in [-0.2, 0) is 4.79 Å². The molecule has 1 fully saturated rings. The van der Waals surface area contributed by atoms with Gasteiger partial charge in [0.25, 0.3) is 0 Å². The van der Waals surface area contributed by atoms with Gasteiger partial charge in [-0.25, -0.2) is 0 Å². The van der Waals surface area contributed by atoms with Crippen LogP contribution in [0.2, 0.25) is 0 Å². The summed E-state index contributed by atoms with van der Waals surface area (Å²) in [5.74, 6) is 3.30. The highest BCUT2D eigenvalue weighted by molar-refractivity contribution is 5.79. The maximum atomic E-state index is 10.9. The lowest BCUT2D eigenvalue weighted by Gasteiger charge is -2.29. The number of carbonyl (C=O) groups excluding carboxylic acids is 1. The molecule has 0 heterocycles. The van der Waals surface area contributed by atoms with Crippen LogP contribution < -0.4 is 5.32 Å². The molecule has 1 N–H and O–H groups in total. The molecule has 1 amide bonds. The van der Waals surface area contributed by atoms with Crippen molar-refractivity contribution in [2.24, 2.45) is 11.8 Å². The second kappa shape index (κ2) is 2.74. The summed E-state index contributed by atoms with van der Waals surface area (Å²) in [6, 6.07) is 0. The summed E-state index contributed by atoms with van der Waals surface area (Å²) in [7, 11) is 1.66. The van der Waals surface area contributed by atoms with Gasteiger partial charge in [-0.15, -0.1) is 12.3 Å². The molecule has 0 aliphatic heterocycles. The Bertz CT molecular complexity index is 174. The average molecular weight is 137 g/mol. The van der Waals surface area contributed by atoms with E-state index in [1.165, 1.54) is 0 Å². The quantitative estimate of drug-likeness (QED) is 0.520. The van der Waals surface area contributed by atoms with Gasteiger partial charge in [0.2, 0.25) is 5.91 Å². The first-order valence-electron chi connectivity index (χ1n) is 3.45. The lowest BCUT2D eigenvalue weighted by atomic mass is 9.75. The standard InChI is InChI=1S/C8H11NO/c1-3-6-4-7(5-6)8(10)9-2/h1,6-7H,4-5H2,2H3,(H,9,10). The van der Waals surface area contributed by atoms with E-state index in [-0.39, 0.29) is 11.8 Å². The molecule has 2 heteroatoms. The van der Waals surface area contributed by atoms with Crippen molar-refractivity contribution in [2.45, 2.75) is 12.8 Å². The highest BCUT2D eigenvalue weighted by Crippen LogP contribution is 2.32. The fraction of sp³-hybridized carbons (Fsp3) is 0.625. The zero-order chi connectivity index (χ0) is 7.56. The molecular weight excluding hydrogens is 126 g/mol. The van der Waals surface area contributed by atoms with E-state index in [0.29, 0.717) is 5.92 Å². The van der Waals surface area contributed by atoms with E-state index in [0.717, 1.165) is 12.8 Å². The number of carbonyl (C=O) groups is 1. The topological polar surface area (TPSA) is 29.1 Å². The summed E-state index contributed by atoms with van der Waals surface area (Å²) >= 11 is 0. The van der Waals surface area contributed by atoms with Gasteiger partial charge in [0.05, 0.1) is 0 Å². The molecule has 1 aliphatic rings. The molecule has 0 spiro atoms. The molecule has 54 valence electrons. The van der Waals surface area contributed by atoms with Crippen LogP contribution in [0.5, 0.6) is 0 Å². The monoisotopic (exact) mass is 137 g/mol. The second-order valence-corrected chi connectivity index (χ2v) is 2.65. The first-order valence-corrected chi connectivity index (χ1v) is 3.45. The molecular formula is C8H11NO. The predicted octanol–water partition coefficient (Wildman–Crippen LogP) is 0.392. The predicted molar refractivity (Wildman–Crippen MR) is 39.1 cm³/mol. The van der Waals surface area contributed by atoms with Crippen molar-refractivity contribution in [2.75, 3.05) is 7.05 Å².